The van der Waals surface area contributed by atoms with E-state index in [1.165, 1.54) is 14.0 Å². The highest BCUT2D eigenvalue weighted by atomic mass is 16.7. The predicted molar refractivity (Wildman–Crippen MR) is 62.0 cm³/mol. The third-order valence-corrected chi connectivity index (χ3v) is 2.70. The Morgan fingerprint density at radius 1 is 1.29 bits per heavy atom. The van der Waals surface area contributed by atoms with E-state index < -0.39 is 0 Å². The normalized spacial score (nSPS) is 13.8. The molecule has 1 aromatic rings. The van der Waals surface area contributed by atoms with E-state index in [-0.39, 0.29) is 11.7 Å². The van der Waals surface area contributed by atoms with Crippen LogP contribution in [0.15, 0.2) is 29.7 Å². The van der Waals surface area contributed by atoms with Crippen LogP contribution >= 0.6 is 0 Å². The van der Waals surface area contributed by atoms with E-state index in [2.05, 4.69) is 0 Å². The molecule has 4 heteroatoms. The van der Waals surface area contributed by atoms with Crippen LogP contribution in [0.2, 0.25) is 0 Å². The highest BCUT2D eigenvalue weighted by molar-refractivity contribution is 5.94. The molecule has 0 fully saturated rings. The summed E-state index contributed by atoms with van der Waals surface area (Å²) in [4.78, 5) is 11.5. The Hall–Kier alpha value is -1.97. The molecule has 0 bridgehead atoms. The van der Waals surface area contributed by atoms with Crippen LogP contribution in [0.4, 0.5) is 0 Å². The van der Waals surface area contributed by atoms with Crippen LogP contribution < -0.4 is 9.47 Å². The van der Waals surface area contributed by atoms with E-state index in [1.54, 1.807) is 7.11 Å². The van der Waals surface area contributed by atoms with Crippen LogP contribution in [0.25, 0.3) is 0 Å². The molecule has 0 radical (unpaired) electrons. The van der Waals surface area contributed by atoms with E-state index >= 15 is 0 Å². The second-order valence-electron chi connectivity index (χ2n) is 3.75. The van der Waals surface area contributed by atoms with Gasteiger partial charge in [-0.3, -0.25) is 4.79 Å². The van der Waals surface area contributed by atoms with Gasteiger partial charge >= 0.3 is 0 Å². The zero-order chi connectivity index (χ0) is 12.4. The summed E-state index contributed by atoms with van der Waals surface area (Å²) >= 11 is 0. The van der Waals surface area contributed by atoms with Gasteiger partial charge in [-0.15, -0.1) is 0 Å². The molecular formula is C13H14O4. The van der Waals surface area contributed by atoms with E-state index in [4.69, 9.17) is 14.2 Å². The molecule has 2 rings (SSSR count). The molecule has 0 aromatic heterocycles. The van der Waals surface area contributed by atoms with Crippen molar-refractivity contribution >= 4 is 5.78 Å². The fourth-order valence-electron chi connectivity index (χ4n) is 1.83. The third kappa shape index (κ3) is 1.98. The maximum absolute atomic E-state index is 11.5. The van der Waals surface area contributed by atoms with Crippen molar-refractivity contribution in [3.63, 3.8) is 0 Å². The van der Waals surface area contributed by atoms with Crippen LogP contribution in [0.5, 0.6) is 11.5 Å². The fraction of sp³-hybridized carbons (Fsp3) is 0.308. The number of benzene rings is 1. The number of methoxy groups -OCH3 is 2. The van der Waals surface area contributed by atoms with Crippen molar-refractivity contribution < 1.29 is 19.0 Å². The van der Waals surface area contributed by atoms with Gasteiger partial charge in [0.1, 0.15) is 0 Å². The van der Waals surface area contributed by atoms with E-state index in [1.807, 2.05) is 18.2 Å². The fourth-order valence-corrected chi connectivity index (χ4v) is 1.83. The van der Waals surface area contributed by atoms with Gasteiger partial charge in [0.15, 0.2) is 17.3 Å². The summed E-state index contributed by atoms with van der Waals surface area (Å²) < 4.78 is 15.9. The van der Waals surface area contributed by atoms with Crippen molar-refractivity contribution in [1.82, 2.24) is 0 Å². The minimum Gasteiger partial charge on any atom is -0.493 e. The van der Waals surface area contributed by atoms with E-state index in [0.717, 1.165) is 5.56 Å². The maximum Gasteiger partial charge on any atom is 0.291 e. The van der Waals surface area contributed by atoms with E-state index in [0.29, 0.717) is 23.5 Å². The zero-order valence-electron chi connectivity index (χ0n) is 10.1. The van der Waals surface area contributed by atoms with Gasteiger partial charge < -0.3 is 14.2 Å². The van der Waals surface area contributed by atoms with Crippen LogP contribution in [-0.2, 0) is 16.0 Å². The van der Waals surface area contributed by atoms with Crippen molar-refractivity contribution in [2.24, 2.45) is 0 Å². The van der Waals surface area contributed by atoms with Crippen LogP contribution in [0.1, 0.15) is 12.5 Å². The monoisotopic (exact) mass is 234 g/mol. The van der Waals surface area contributed by atoms with Crippen molar-refractivity contribution in [2.75, 3.05) is 14.2 Å². The second-order valence-corrected chi connectivity index (χ2v) is 3.75. The Bertz CT molecular complexity index is 488. The molecule has 1 aliphatic heterocycles. The molecule has 90 valence electrons. The molecule has 0 atom stereocenters. The van der Waals surface area contributed by atoms with Gasteiger partial charge in [0.2, 0.25) is 0 Å². The zero-order valence-corrected chi connectivity index (χ0v) is 10.1. The number of rotatable bonds is 3. The van der Waals surface area contributed by atoms with Crippen molar-refractivity contribution in [2.45, 2.75) is 13.3 Å². The lowest BCUT2D eigenvalue weighted by atomic mass is 10.00. The molecule has 0 saturated carbocycles. The Morgan fingerprint density at radius 3 is 2.65 bits per heavy atom. The van der Waals surface area contributed by atoms with Crippen molar-refractivity contribution in [1.29, 1.82) is 0 Å². The summed E-state index contributed by atoms with van der Waals surface area (Å²) in [6.07, 6.45) is 0.505. The van der Waals surface area contributed by atoms with Crippen molar-refractivity contribution in [3.05, 3.63) is 35.3 Å². The third-order valence-electron chi connectivity index (χ3n) is 2.70. The minimum atomic E-state index is -0.0460. The first-order valence-electron chi connectivity index (χ1n) is 5.29. The lowest BCUT2D eigenvalue weighted by Crippen LogP contribution is -2.16. The minimum absolute atomic E-state index is 0.0460. The number of Topliss-reactive ketones (excluding diaryl/α,β-unsaturated/α-hetero) is 1. The number of fused-ring (bicyclic) bond motifs is 1. The number of ketones is 1. The molecule has 0 aliphatic carbocycles. The maximum atomic E-state index is 11.5. The molecule has 0 saturated heterocycles. The highest BCUT2D eigenvalue weighted by Crippen LogP contribution is 2.38. The van der Waals surface area contributed by atoms with Gasteiger partial charge in [0, 0.05) is 12.0 Å². The van der Waals surface area contributed by atoms with Crippen molar-refractivity contribution in [3.8, 4) is 11.5 Å². The average Bonchev–Trinajstić information content (AvgIpc) is 2.36. The second kappa shape index (κ2) is 4.49. The van der Waals surface area contributed by atoms with Gasteiger partial charge in [-0.05, 0) is 13.0 Å². The first-order chi connectivity index (χ1) is 8.17. The topological polar surface area (TPSA) is 44.8 Å². The number of ether oxygens (including phenoxy) is 3. The molecule has 0 N–H and O–H groups in total. The molecular weight excluding hydrogens is 220 g/mol. The molecule has 0 spiro atoms. The number of carbonyl (C=O) groups excluding carboxylic acids is 1. The van der Waals surface area contributed by atoms with Gasteiger partial charge in [0.25, 0.3) is 5.95 Å². The van der Waals surface area contributed by atoms with Gasteiger partial charge in [-0.2, -0.15) is 0 Å². The van der Waals surface area contributed by atoms with Crippen LogP contribution in [0.3, 0.4) is 0 Å². The smallest absolute Gasteiger partial charge is 0.291 e. The van der Waals surface area contributed by atoms with E-state index in [9.17, 15) is 4.79 Å². The summed E-state index contributed by atoms with van der Waals surface area (Å²) in [6, 6.07) is 5.59. The number of hydrogen-bond donors (Lipinski definition) is 0. The summed E-state index contributed by atoms with van der Waals surface area (Å²) in [6.45, 7) is 1.50. The number of carbonyl (C=O) groups is 1. The highest BCUT2D eigenvalue weighted by Gasteiger charge is 2.25. The Balaban J connectivity index is 2.47. The molecule has 1 heterocycles. The largest absolute Gasteiger partial charge is 0.493 e. The molecule has 4 nitrogen and oxygen atoms in total. The summed E-state index contributed by atoms with van der Waals surface area (Å²) in [5, 5.41) is 0. The lowest BCUT2D eigenvalue weighted by Gasteiger charge is -2.22. The van der Waals surface area contributed by atoms with Crippen LogP contribution in [-0.4, -0.2) is 20.0 Å². The quantitative estimate of drug-likeness (QED) is 0.803. The average molecular weight is 234 g/mol. The number of hydrogen-bond acceptors (Lipinski definition) is 4. The Kier molecular flexibility index (Phi) is 3.04. The molecule has 0 unspecified atom stereocenters. The summed E-state index contributed by atoms with van der Waals surface area (Å²) in [5.41, 5.74) is 1.48. The Labute approximate surface area is 99.8 Å². The summed E-state index contributed by atoms with van der Waals surface area (Å²) in [7, 11) is 3.06. The Morgan fingerprint density at radius 2 is 2.06 bits per heavy atom. The lowest BCUT2D eigenvalue weighted by molar-refractivity contribution is -0.114. The summed E-state index contributed by atoms with van der Waals surface area (Å²) in [5.74, 6) is 1.47. The molecule has 1 aromatic carbocycles. The molecule has 0 amide bonds. The molecule has 1 aliphatic rings. The number of para-hydroxylation sites is 1. The standard InChI is InChI=1S/C13H14O4/c1-8(14)10-7-9-5-4-6-11(15-2)12(9)17-13(10)16-3/h4-6H,7H2,1-3H3. The molecule has 17 heavy (non-hydrogen) atoms. The van der Waals surface area contributed by atoms with Gasteiger partial charge in [-0.25, -0.2) is 0 Å². The predicted octanol–water partition coefficient (Wildman–Crippen LogP) is 2.08. The van der Waals surface area contributed by atoms with Gasteiger partial charge in [-0.1, -0.05) is 12.1 Å². The first-order valence-corrected chi connectivity index (χ1v) is 5.29. The SMILES string of the molecule is COC1=C(C(C)=O)Cc2cccc(OC)c2O1. The first kappa shape index (κ1) is 11.5. The van der Waals surface area contributed by atoms with Crippen LogP contribution in [0, 0.1) is 0 Å². The number of allylic oxidation sites excluding steroid dienone is 1. The van der Waals surface area contributed by atoms with Gasteiger partial charge in [0.05, 0.1) is 19.8 Å².